The van der Waals surface area contributed by atoms with Crippen molar-refractivity contribution in [2.75, 3.05) is 6.54 Å². The Labute approximate surface area is 83.3 Å². The second-order valence-corrected chi connectivity index (χ2v) is 4.45. The maximum Gasteiger partial charge on any atom is 0.231 e. The summed E-state index contributed by atoms with van der Waals surface area (Å²) >= 11 is 0. The molecule has 1 aliphatic carbocycles. The molecule has 1 saturated heterocycles. The molecule has 0 spiro atoms. The van der Waals surface area contributed by atoms with Crippen LogP contribution < -0.4 is 5.32 Å². The van der Waals surface area contributed by atoms with E-state index in [9.17, 15) is 4.79 Å². The lowest BCUT2D eigenvalue weighted by Crippen LogP contribution is -2.27. The smallest absolute Gasteiger partial charge is 0.231 e. The van der Waals surface area contributed by atoms with Crippen LogP contribution in [0.4, 0.5) is 0 Å². The van der Waals surface area contributed by atoms with Gasteiger partial charge in [-0.1, -0.05) is 29.8 Å². The zero-order valence-electron chi connectivity index (χ0n) is 8.21. The molecule has 2 heteroatoms. The topological polar surface area (TPSA) is 29.1 Å². The maximum absolute atomic E-state index is 11.7. The normalized spacial score (nSPS) is 33.8. The molecule has 2 unspecified atom stereocenters. The van der Waals surface area contributed by atoms with E-state index in [4.69, 9.17) is 0 Å². The lowest BCUT2D eigenvalue weighted by molar-refractivity contribution is -0.122. The summed E-state index contributed by atoms with van der Waals surface area (Å²) in [6.45, 7) is 2.94. The van der Waals surface area contributed by atoms with Crippen molar-refractivity contribution >= 4 is 5.91 Å². The third kappa shape index (κ3) is 0.834. The van der Waals surface area contributed by atoms with Crippen molar-refractivity contribution in [2.45, 2.75) is 18.8 Å². The van der Waals surface area contributed by atoms with E-state index < -0.39 is 0 Å². The number of hydrogen-bond acceptors (Lipinski definition) is 1. The van der Waals surface area contributed by atoms with Crippen molar-refractivity contribution in [3.8, 4) is 0 Å². The second-order valence-electron chi connectivity index (χ2n) is 4.45. The molecule has 3 rings (SSSR count). The quantitative estimate of drug-likeness (QED) is 0.707. The number of benzene rings is 1. The van der Waals surface area contributed by atoms with Crippen molar-refractivity contribution in [1.29, 1.82) is 0 Å². The molecule has 1 aromatic carbocycles. The van der Waals surface area contributed by atoms with Crippen LogP contribution in [0.1, 0.15) is 17.5 Å². The van der Waals surface area contributed by atoms with E-state index in [0.29, 0.717) is 5.92 Å². The van der Waals surface area contributed by atoms with E-state index in [2.05, 4.69) is 36.5 Å². The highest BCUT2D eigenvalue weighted by molar-refractivity contribution is 5.94. The minimum absolute atomic E-state index is 0.145. The summed E-state index contributed by atoms with van der Waals surface area (Å²) in [6, 6.07) is 8.37. The van der Waals surface area contributed by atoms with E-state index >= 15 is 0 Å². The van der Waals surface area contributed by atoms with E-state index in [1.807, 2.05) is 0 Å². The van der Waals surface area contributed by atoms with Gasteiger partial charge in [0.25, 0.3) is 0 Å². The van der Waals surface area contributed by atoms with Gasteiger partial charge in [-0.2, -0.15) is 0 Å². The molecule has 2 nitrogen and oxygen atoms in total. The summed E-state index contributed by atoms with van der Waals surface area (Å²) in [6.07, 6.45) is 1.04. The van der Waals surface area contributed by atoms with Crippen LogP contribution >= 0.6 is 0 Å². The fourth-order valence-electron chi connectivity index (χ4n) is 2.56. The van der Waals surface area contributed by atoms with E-state index in [1.165, 1.54) is 11.1 Å². The van der Waals surface area contributed by atoms with Crippen LogP contribution in [-0.2, 0) is 10.2 Å². The molecular formula is C12H13NO. The fourth-order valence-corrected chi connectivity index (χ4v) is 2.56. The summed E-state index contributed by atoms with van der Waals surface area (Å²) in [5, 5.41) is 2.93. The summed E-state index contributed by atoms with van der Waals surface area (Å²) in [7, 11) is 0. The Balaban J connectivity index is 2.04. The minimum Gasteiger partial charge on any atom is -0.355 e. The molecular weight excluding hydrogens is 174 g/mol. The van der Waals surface area contributed by atoms with Crippen molar-refractivity contribution in [1.82, 2.24) is 5.32 Å². The Bertz CT molecular complexity index is 395. The van der Waals surface area contributed by atoms with Crippen LogP contribution in [0.2, 0.25) is 0 Å². The fraction of sp³-hybridized carbons (Fsp3) is 0.417. The third-order valence-electron chi connectivity index (χ3n) is 3.59. The molecule has 1 aromatic rings. The van der Waals surface area contributed by atoms with Crippen LogP contribution in [0.3, 0.4) is 0 Å². The van der Waals surface area contributed by atoms with Gasteiger partial charge in [0.2, 0.25) is 5.91 Å². The maximum atomic E-state index is 11.7. The number of nitrogens with one attached hydrogen (secondary N) is 1. The van der Waals surface area contributed by atoms with E-state index in [1.54, 1.807) is 0 Å². The van der Waals surface area contributed by atoms with Gasteiger partial charge in [0, 0.05) is 6.54 Å². The Hall–Kier alpha value is -1.31. The summed E-state index contributed by atoms with van der Waals surface area (Å²) in [4.78, 5) is 11.7. The van der Waals surface area contributed by atoms with Crippen molar-refractivity contribution in [3.05, 3.63) is 35.4 Å². The van der Waals surface area contributed by atoms with Gasteiger partial charge >= 0.3 is 0 Å². The molecule has 2 fully saturated rings. The molecule has 14 heavy (non-hydrogen) atoms. The van der Waals surface area contributed by atoms with Gasteiger partial charge in [-0.05, 0) is 24.8 Å². The number of aryl methyl sites for hydroxylation is 1. The van der Waals surface area contributed by atoms with Crippen molar-refractivity contribution in [2.24, 2.45) is 5.92 Å². The van der Waals surface area contributed by atoms with Gasteiger partial charge < -0.3 is 5.32 Å². The number of carbonyl (C=O) groups excluding carboxylic acids is 1. The van der Waals surface area contributed by atoms with E-state index in [-0.39, 0.29) is 11.3 Å². The Morgan fingerprint density at radius 1 is 1.36 bits per heavy atom. The molecule has 0 bridgehead atoms. The molecule has 1 amide bonds. The first-order valence-corrected chi connectivity index (χ1v) is 5.09. The summed E-state index contributed by atoms with van der Waals surface area (Å²) in [5.41, 5.74) is 2.30. The third-order valence-corrected chi connectivity index (χ3v) is 3.59. The van der Waals surface area contributed by atoms with Gasteiger partial charge in [-0.15, -0.1) is 0 Å². The molecule has 1 saturated carbocycles. The Morgan fingerprint density at radius 3 is 2.57 bits per heavy atom. The monoisotopic (exact) mass is 187 g/mol. The van der Waals surface area contributed by atoms with Crippen LogP contribution in [0.15, 0.2) is 24.3 Å². The number of amides is 1. The van der Waals surface area contributed by atoms with Gasteiger partial charge in [-0.3, -0.25) is 4.79 Å². The standard InChI is InChI=1S/C12H13NO/c1-8-2-4-9(5-3-8)12-6-10(12)7-13-11(12)14/h2-5,10H,6-7H2,1H3,(H,13,14). The molecule has 0 radical (unpaired) electrons. The molecule has 1 heterocycles. The number of rotatable bonds is 1. The highest BCUT2D eigenvalue weighted by Gasteiger charge is 2.64. The van der Waals surface area contributed by atoms with Crippen LogP contribution in [-0.4, -0.2) is 12.5 Å². The number of carbonyl (C=O) groups is 1. The molecule has 72 valence electrons. The Kier molecular flexibility index (Phi) is 1.37. The predicted octanol–water partition coefficient (Wildman–Crippen LogP) is 1.38. The number of hydrogen-bond donors (Lipinski definition) is 1. The number of piperidine rings is 1. The average molecular weight is 187 g/mol. The van der Waals surface area contributed by atoms with Gasteiger partial charge in [0.05, 0.1) is 5.41 Å². The second kappa shape index (κ2) is 2.38. The molecule has 2 atom stereocenters. The highest BCUT2D eigenvalue weighted by atomic mass is 16.2. The molecule has 2 aliphatic rings. The highest BCUT2D eigenvalue weighted by Crippen LogP contribution is 2.57. The molecule has 1 N–H and O–H groups in total. The lowest BCUT2D eigenvalue weighted by Gasteiger charge is -2.10. The number of fused-ring (bicyclic) bond motifs is 1. The van der Waals surface area contributed by atoms with Gasteiger partial charge in [-0.25, -0.2) is 0 Å². The largest absolute Gasteiger partial charge is 0.355 e. The first-order chi connectivity index (χ1) is 6.73. The van der Waals surface area contributed by atoms with Crippen LogP contribution in [0, 0.1) is 12.8 Å². The zero-order chi connectivity index (χ0) is 9.76. The van der Waals surface area contributed by atoms with Crippen molar-refractivity contribution in [3.63, 3.8) is 0 Å². The first-order valence-electron chi connectivity index (χ1n) is 5.09. The summed E-state index contributed by atoms with van der Waals surface area (Å²) < 4.78 is 0. The zero-order valence-corrected chi connectivity index (χ0v) is 8.21. The lowest BCUT2D eigenvalue weighted by atomic mass is 9.94. The first kappa shape index (κ1) is 8.04. The minimum atomic E-state index is -0.145. The SMILES string of the molecule is Cc1ccc(C23CC2CNC3=O)cc1. The van der Waals surface area contributed by atoms with Crippen LogP contribution in [0.5, 0.6) is 0 Å². The molecule has 0 aromatic heterocycles. The van der Waals surface area contributed by atoms with E-state index in [0.717, 1.165) is 13.0 Å². The average Bonchev–Trinajstić information content (AvgIpc) is 2.84. The van der Waals surface area contributed by atoms with Gasteiger partial charge in [0.15, 0.2) is 0 Å². The van der Waals surface area contributed by atoms with Crippen molar-refractivity contribution < 1.29 is 4.79 Å². The van der Waals surface area contributed by atoms with Crippen LogP contribution in [0.25, 0.3) is 0 Å². The summed E-state index contributed by atoms with van der Waals surface area (Å²) in [5.74, 6) is 0.782. The molecule has 1 aliphatic heterocycles. The Morgan fingerprint density at radius 2 is 2.07 bits per heavy atom. The van der Waals surface area contributed by atoms with Gasteiger partial charge in [0.1, 0.15) is 0 Å². The predicted molar refractivity (Wildman–Crippen MR) is 54.0 cm³/mol.